The highest BCUT2D eigenvalue weighted by molar-refractivity contribution is 5.34. The van der Waals surface area contributed by atoms with E-state index in [0.717, 1.165) is 31.3 Å². The summed E-state index contributed by atoms with van der Waals surface area (Å²) in [6.45, 7) is 18.2. The molecular weight excluding hydrogens is 424 g/mol. The third-order valence-electron chi connectivity index (χ3n) is 14.0. The summed E-state index contributed by atoms with van der Waals surface area (Å²) in [5.41, 5.74) is 1.47. The van der Waals surface area contributed by atoms with Gasteiger partial charge in [-0.2, -0.15) is 0 Å². The lowest BCUT2D eigenvalue weighted by molar-refractivity contribution is -0.277. The molecule has 5 saturated carbocycles. The Morgan fingerprint density at radius 3 is 2.29 bits per heavy atom. The maximum atomic E-state index is 12.4. The van der Waals surface area contributed by atoms with Gasteiger partial charge in [-0.25, -0.2) is 0 Å². The first kappa shape index (κ1) is 22.8. The number of aliphatic hydroxyl groups is 2. The molecular formula is C30H46O4. The SMILES string of the molecule is C=C(C)[C@@H]1O[C@]23O[C@@H]1C[C@@H](C)[C@@H]2[C@@]1(C)CC[C@@]24C[C@@]25CC[C@H](O)C(C)(C)[C@@H]5CC[C@H]4[C@]1(C)[C@H]3O. The molecule has 0 radical (unpaired) electrons. The Morgan fingerprint density at radius 2 is 1.59 bits per heavy atom. The van der Waals surface area contributed by atoms with Gasteiger partial charge < -0.3 is 19.7 Å². The van der Waals surface area contributed by atoms with Crippen LogP contribution in [0.5, 0.6) is 0 Å². The lowest BCUT2D eigenvalue weighted by atomic mass is 9.41. The maximum Gasteiger partial charge on any atom is 0.199 e. The lowest BCUT2D eigenvalue weighted by Crippen LogP contribution is -2.60. The first-order valence-corrected chi connectivity index (χ1v) is 14.2. The van der Waals surface area contributed by atoms with Gasteiger partial charge >= 0.3 is 0 Å². The van der Waals surface area contributed by atoms with E-state index in [1.54, 1.807) is 0 Å². The van der Waals surface area contributed by atoms with E-state index in [2.05, 4.69) is 41.2 Å². The van der Waals surface area contributed by atoms with Crippen LogP contribution >= 0.6 is 0 Å². The molecule has 7 aliphatic rings. The molecule has 2 N–H and O–H groups in total. The van der Waals surface area contributed by atoms with Crippen molar-refractivity contribution in [2.75, 3.05) is 0 Å². The minimum Gasteiger partial charge on any atom is -0.393 e. The van der Waals surface area contributed by atoms with Gasteiger partial charge in [0.25, 0.3) is 0 Å². The summed E-state index contributed by atoms with van der Waals surface area (Å²) in [7, 11) is 0. The summed E-state index contributed by atoms with van der Waals surface area (Å²) in [4.78, 5) is 0. The smallest absolute Gasteiger partial charge is 0.199 e. The van der Waals surface area contributed by atoms with Gasteiger partial charge in [-0.3, -0.25) is 0 Å². The lowest BCUT2D eigenvalue weighted by Gasteiger charge is -2.63. The normalized spacial score (nSPS) is 64.8. The van der Waals surface area contributed by atoms with Gasteiger partial charge in [-0.1, -0.05) is 41.2 Å². The van der Waals surface area contributed by atoms with E-state index >= 15 is 0 Å². The number of hydrogen-bond acceptors (Lipinski definition) is 4. The molecule has 2 aliphatic heterocycles. The Morgan fingerprint density at radius 1 is 0.912 bits per heavy atom. The van der Waals surface area contributed by atoms with Crippen molar-refractivity contribution in [3.63, 3.8) is 0 Å². The largest absolute Gasteiger partial charge is 0.393 e. The topological polar surface area (TPSA) is 58.9 Å². The van der Waals surface area contributed by atoms with Gasteiger partial charge in [0.05, 0.1) is 12.2 Å². The molecule has 2 bridgehead atoms. The van der Waals surface area contributed by atoms with Crippen LogP contribution in [0.3, 0.4) is 0 Å². The summed E-state index contributed by atoms with van der Waals surface area (Å²) in [5.74, 6) is 0.892. The van der Waals surface area contributed by atoms with E-state index in [4.69, 9.17) is 9.47 Å². The van der Waals surface area contributed by atoms with Gasteiger partial charge in [-0.05, 0) is 103 Å². The van der Waals surface area contributed by atoms with Crippen molar-refractivity contribution in [1.29, 1.82) is 0 Å². The number of fused-ring (bicyclic) bond motifs is 4. The zero-order valence-corrected chi connectivity index (χ0v) is 22.2. The molecule has 2 saturated heterocycles. The minimum atomic E-state index is -0.887. The van der Waals surface area contributed by atoms with Crippen molar-refractivity contribution in [3.05, 3.63) is 12.2 Å². The summed E-state index contributed by atoms with van der Waals surface area (Å²) >= 11 is 0. The Bertz CT molecular complexity index is 959. The monoisotopic (exact) mass is 470 g/mol. The molecule has 0 aromatic rings. The molecule has 2 heterocycles. The second kappa shape index (κ2) is 6.17. The van der Waals surface area contributed by atoms with E-state index in [9.17, 15) is 10.2 Å². The molecule has 0 amide bonds. The van der Waals surface area contributed by atoms with Crippen molar-refractivity contribution in [1.82, 2.24) is 0 Å². The average molecular weight is 471 g/mol. The summed E-state index contributed by atoms with van der Waals surface area (Å²) in [5, 5.41) is 23.3. The van der Waals surface area contributed by atoms with Crippen molar-refractivity contribution in [2.45, 2.75) is 123 Å². The van der Waals surface area contributed by atoms with Crippen LogP contribution < -0.4 is 0 Å². The summed E-state index contributed by atoms with van der Waals surface area (Å²) in [6, 6.07) is 0. The molecule has 190 valence electrons. The third kappa shape index (κ3) is 2.07. The predicted molar refractivity (Wildman–Crippen MR) is 131 cm³/mol. The molecule has 0 aromatic carbocycles. The number of rotatable bonds is 1. The fraction of sp³-hybridized carbons (Fsp3) is 0.933. The second-order valence-electron chi connectivity index (χ2n) is 15.1. The number of hydrogen-bond donors (Lipinski definition) is 2. The average Bonchev–Trinajstić information content (AvgIpc) is 3.29. The van der Waals surface area contributed by atoms with Crippen molar-refractivity contribution < 1.29 is 19.7 Å². The van der Waals surface area contributed by atoms with E-state index in [1.165, 1.54) is 25.7 Å². The van der Waals surface area contributed by atoms with Crippen LogP contribution in [0.15, 0.2) is 12.2 Å². The Balaban J connectivity index is 1.33. The molecule has 3 spiro atoms. The molecule has 7 rings (SSSR count). The van der Waals surface area contributed by atoms with E-state index < -0.39 is 11.9 Å². The van der Waals surface area contributed by atoms with Crippen molar-refractivity contribution in [3.8, 4) is 0 Å². The van der Waals surface area contributed by atoms with Gasteiger partial charge in [0.2, 0.25) is 0 Å². The molecule has 34 heavy (non-hydrogen) atoms. The fourth-order valence-electron chi connectivity index (χ4n) is 12.5. The maximum absolute atomic E-state index is 12.4. The quantitative estimate of drug-likeness (QED) is 0.500. The summed E-state index contributed by atoms with van der Waals surface area (Å²) < 4.78 is 13.6. The molecule has 13 atom stereocenters. The second-order valence-corrected chi connectivity index (χ2v) is 15.1. The van der Waals surface area contributed by atoms with Crippen LogP contribution in [0.2, 0.25) is 0 Å². The van der Waals surface area contributed by atoms with E-state index in [0.29, 0.717) is 28.6 Å². The Labute approximate surface area is 205 Å². The van der Waals surface area contributed by atoms with Crippen LogP contribution in [-0.2, 0) is 9.47 Å². The zero-order valence-electron chi connectivity index (χ0n) is 22.2. The van der Waals surface area contributed by atoms with Gasteiger partial charge in [0.15, 0.2) is 5.79 Å². The Kier molecular flexibility index (Phi) is 4.13. The van der Waals surface area contributed by atoms with Gasteiger partial charge in [0, 0.05) is 11.3 Å². The minimum absolute atomic E-state index is 0.00298. The van der Waals surface area contributed by atoms with Crippen LogP contribution in [-0.4, -0.2) is 40.4 Å². The summed E-state index contributed by atoms with van der Waals surface area (Å²) in [6.07, 6.45) is 8.29. The van der Waals surface area contributed by atoms with Crippen molar-refractivity contribution in [2.24, 2.45) is 50.7 Å². The molecule has 4 nitrogen and oxygen atoms in total. The highest BCUT2D eigenvalue weighted by atomic mass is 16.8. The highest BCUT2D eigenvalue weighted by Crippen LogP contribution is 2.90. The standard InChI is InChI=1S/C30H46O4/c1-16(2)22-18-14-17(3)23-26(6)12-13-29-15-28(29)11-10-21(31)25(4,5)19(28)8-9-20(29)27(26,7)24(32)30(23,33-18)34-22/h17-24,31-32H,1,8-15H2,2-7H3/t17-,18-,19+,20+,21+,22+,23-,24-,26-,27-,28-,29+,30-/m1/s1. The molecule has 0 unspecified atom stereocenters. The molecule has 4 heteroatoms. The Hall–Kier alpha value is -0.420. The van der Waals surface area contributed by atoms with Crippen LogP contribution in [0.1, 0.15) is 92.9 Å². The third-order valence-corrected chi connectivity index (χ3v) is 14.0. The predicted octanol–water partition coefficient (Wildman–Crippen LogP) is 5.46. The van der Waals surface area contributed by atoms with Crippen LogP contribution in [0.4, 0.5) is 0 Å². The highest BCUT2D eigenvalue weighted by Gasteiger charge is 2.87. The molecule has 5 aliphatic carbocycles. The van der Waals surface area contributed by atoms with Crippen LogP contribution in [0.25, 0.3) is 0 Å². The number of ether oxygens (including phenoxy) is 2. The molecule has 7 fully saturated rings. The first-order chi connectivity index (χ1) is 15.8. The molecule has 0 aromatic heterocycles. The van der Waals surface area contributed by atoms with Gasteiger partial charge in [0.1, 0.15) is 12.2 Å². The first-order valence-electron chi connectivity index (χ1n) is 14.2. The zero-order chi connectivity index (χ0) is 24.3. The van der Waals surface area contributed by atoms with E-state index in [1.807, 2.05) is 6.92 Å². The van der Waals surface area contributed by atoms with Crippen LogP contribution in [0, 0.1) is 50.7 Å². The van der Waals surface area contributed by atoms with Gasteiger partial charge in [-0.15, -0.1) is 0 Å². The van der Waals surface area contributed by atoms with E-state index in [-0.39, 0.29) is 40.5 Å². The fourth-order valence-corrected chi connectivity index (χ4v) is 12.5. The number of aliphatic hydroxyl groups excluding tert-OH is 2. The van der Waals surface area contributed by atoms with Crippen molar-refractivity contribution >= 4 is 0 Å².